The fourth-order valence-corrected chi connectivity index (χ4v) is 3.53. The average Bonchev–Trinajstić information content (AvgIpc) is 2.74. The highest BCUT2D eigenvalue weighted by molar-refractivity contribution is 9.10. The SMILES string of the molecule is CCc1c(-c2cc(Br)cc([N+](=O)[O-])c2)sc(C#N)c1N. The molecule has 0 aliphatic heterocycles. The summed E-state index contributed by atoms with van der Waals surface area (Å²) in [5.41, 5.74) is 7.97. The molecule has 7 heteroatoms. The Morgan fingerprint density at radius 1 is 1.50 bits per heavy atom. The van der Waals surface area contributed by atoms with E-state index in [-0.39, 0.29) is 5.69 Å². The largest absolute Gasteiger partial charge is 0.397 e. The topological polar surface area (TPSA) is 93.0 Å². The monoisotopic (exact) mass is 351 g/mol. The molecule has 1 heterocycles. The molecular weight excluding hydrogens is 342 g/mol. The van der Waals surface area contributed by atoms with Crippen LogP contribution >= 0.6 is 27.3 Å². The predicted molar refractivity (Wildman–Crippen MR) is 82.6 cm³/mol. The highest BCUT2D eigenvalue weighted by Gasteiger charge is 2.18. The van der Waals surface area contributed by atoms with Gasteiger partial charge in [-0.3, -0.25) is 10.1 Å². The lowest BCUT2D eigenvalue weighted by Gasteiger charge is -2.04. The number of non-ortho nitro benzene ring substituents is 1. The van der Waals surface area contributed by atoms with Gasteiger partial charge in [-0.25, -0.2) is 0 Å². The molecule has 0 fully saturated rings. The molecule has 5 nitrogen and oxygen atoms in total. The van der Waals surface area contributed by atoms with E-state index in [9.17, 15) is 10.1 Å². The zero-order valence-electron chi connectivity index (χ0n) is 10.5. The third kappa shape index (κ3) is 2.53. The van der Waals surface area contributed by atoms with E-state index in [4.69, 9.17) is 11.0 Å². The minimum absolute atomic E-state index is 0.00177. The van der Waals surface area contributed by atoms with Crippen molar-refractivity contribution in [1.82, 2.24) is 0 Å². The highest BCUT2D eigenvalue weighted by atomic mass is 79.9. The summed E-state index contributed by atoms with van der Waals surface area (Å²) in [6, 6.07) is 6.79. The lowest BCUT2D eigenvalue weighted by Crippen LogP contribution is -1.92. The number of nitrogens with two attached hydrogens (primary N) is 1. The number of nitriles is 1. The Balaban J connectivity index is 2.68. The summed E-state index contributed by atoms with van der Waals surface area (Å²) >= 11 is 4.53. The molecule has 0 saturated heterocycles. The van der Waals surface area contributed by atoms with Crippen molar-refractivity contribution in [3.8, 4) is 16.5 Å². The number of nitrogens with zero attached hydrogens (tertiary/aromatic N) is 2. The van der Waals surface area contributed by atoms with Crippen LogP contribution in [0.1, 0.15) is 17.4 Å². The maximum absolute atomic E-state index is 10.9. The Labute approximate surface area is 127 Å². The van der Waals surface area contributed by atoms with Gasteiger partial charge < -0.3 is 5.73 Å². The lowest BCUT2D eigenvalue weighted by molar-refractivity contribution is -0.384. The smallest absolute Gasteiger partial charge is 0.271 e. The molecule has 0 amide bonds. The van der Waals surface area contributed by atoms with Gasteiger partial charge in [-0.05, 0) is 23.6 Å². The Bertz CT molecular complexity index is 734. The zero-order chi connectivity index (χ0) is 14.9. The molecule has 102 valence electrons. The fourth-order valence-electron chi connectivity index (χ4n) is 1.96. The Hall–Kier alpha value is -1.91. The van der Waals surface area contributed by atoms with Crippen LogP contribution in [0.2, 0.25) is 0 Å². The maximum Gasteiger partial charge on any atom is 0.271 e. The molecule has 2 aromatic rings. The van der Waals surface area contributed by atoms with Crippen molar-refractivity contribution in [3.63, 3.8) is 0 Å². The van der Waals surface area contributed by atoms with E-state index in [0.717, 1.165) is 10.4 Å². The average molecular weight is 352 g/mol. The number of rotatable bonds is 3. The van der Waals surface area contributed by atoms with Crippen LogP contribution in [-0.2, 0) is 6.42 Å². The van der Waals surface area contributed by atoms with Gasteiger partial charge in [-0.2, -0.15) is 5.26 Å². The molecule has 0 radical (unpaired) electrons. The molecule has 0 bridgehead atoms. The molecule has 0 saturated carbocycles. The van der Waals surface area contributed by atoms with Crippen LogP contribution in [0, 0.1) is 21.4 Å². The number of nitro groups is 1. The number of halogens is 1. The van der Waals surface area contributed by atoms with E-state index < -0.39 is 4.92 Å². The number of anilines is 1. The van der Waals surface area contributed by atoms with Gasteiger partial charge >= 0.3 is 0 Å². The first-order valence-electron chi connectivity index (χ1n) is 5.74. The minimum atomic E-state index is -0.442. The highest BCUT2D eigenvalue weighted by Crippen LogP contribution is 2.40. The van der Waals surface area contributed by atoms with Crippen molar-refractivity contribution in [3.05, 3.63) is 43.2 Å². The summed E-state index contributed by atoms with van der Waals surface area (Å²) in [6.07, 6.45) is 0.666. The van der Waals surface area contributed by atoms with Crippen LogP contribution in [0.15, 0.2) is 22.7 Å². The summed E-state index contributed by atoms with van der Waals surface area (Å²) < 4.78 is 0.620. The van der Waals surface area contributed by atoms with Gasteiger partial charge in [0, 0.05) is 21.5 Å². The molecule has 0 aliphatic carbocycles. The van der Waals surface area contributed by atoms with Crippen LogP contribution in [0.4, 0.5) is 11.4 Å². The first kappa shape index (κ1) is 14.5. The molecular formula is C13H10BrN3O2S. The minimum Gasteiger partial charge on any atom is -0.397 e. The summed E-state index contributed by atoms with van der Waals surface area (Å²) in [5, 5.41) is 20.0. The van der Waals surface area contributed by atoms with Crippen molar-refractivity contribution >= 4 is 38.6 Å². The molecule has 2 rings (SSSR count). The summed E-state index contributed by atoms with van der Waals surface area (Å²) in [5.74, 6) is 0. The number of benzene rings is 1. The van der Waals surface area contributed by atoms with Gasteiger partial charge in [0.05, 0.1) is 10.6 Å². The number of nitrogen functional groups attached to an aromatic ring is 1. The van der Waals surface area contributed by atoms with Gasteiger partial charge in [0.15, 0.2) is 0 Å². The second-order valence-corrected chi connectivity index (χ2v) is 6.01. The maximum atomic E-state index is 10.9. The Morgan fingerprint density at radius 3 is 2.75 bits per heavy atom. The van der Waals surface area contributed by atoms with Crippen LogP contribution in [-0.4, -0.2) is 4.92 Å². The van der Waals surface area contributed by atoms with E-state index in [0.29, 0.717) is 27.0 Å². The Morgan fingerprint density at radius 2 is 2.20 bits per heavy atom. The lowest BCUT2D eigenvalue weighted by atomic mass is 10.1. The van der Waals surface area contributed by atoms with E-state index in [1.807, 2.05) is 6.92 Å². The number of hydrogen-bond acceptors (Lipinski definition) is 5. The van der Waals surface area contributed by atoms with Crippen molar-refractivity contribution in [2.24, 2.45) is 0 Å². The van der Waals surface area contributed by atoms with Crippen molar-refractivity contribution in [2.75, 3.05) is 5.73 Å². The molecule has 20 heavy (non-hydrogen) atoms. The van der Waals surface area contributed by atoms with Gasteiger partial charge in [0.1, 0.15) is 10.9 Å². The molecule has 2 N–H and O–H groups in total. The van der Waals surface area contributed by atoms with Crippen molar-refractivity contribution in [1.29, 1.82) is 5.26 Å². The predicted octanol–water partition coefficient (Wildman–Crippen LogP) is 4.10. The summed E-state index contributed by atoms with van der Waals surface area (Å²) in [6.45, 7) is 1.94. The second-order valence-electron chi connectivity index (χ2n) is 4.07. The van der Waals surface area contributed by atoms with Crippen LogP contribution in [0.5, 0.6) is 0 Å². The molecule has 0 atom stereocenters. The molecule has 0 spiro atoms. The van der Waals surface area contributed by atoms with Crippen LogP contribution in [0.3, 0.4) is 0 Å². The van der Waals surface area contributed by atoms with Crippen molar-refractivity contribution < 1.29 is 4.92 Å². The number of hydrogen-bond donors (Lipinski definition) is 1. The van der Waals surface area contributed by atoms with E-state index in [2.05, 4.69) is 22.0 Å². The number of thiophene rings is 1. The van der Waals surface area contributed by atoms with Gasteiger partial charge in [0.25, 0.3) is 5.69 Å². The van der Waals surface area contributed by atoms with Crippen molar-refractivity contribution in [2.45, 2.75) is 13.3 Å². The standard InChI is InChI=1S/C13H10BrN3O2S/c1-2-10-12(16)11(6-15)20-13(10)7-3-8(14)5-9(4-7)17(18)19/h3-5H,2,16H2,1H3. The third-order valence-corrected chi connectivity index (χ3v) is 4.52. The fraction of sp³-hybridized carbons (Fsp3) is 0.154. The van der Waals surface area contributed by atoms with E-state index in [1.54, 1.807) is 6.07 Å². The van der Waals surface area contributed by atoms with Gasteiger partial charge in [0.2, 0.25) is 0 Å². The molecule has 1 aromatic heterocycles. The number of nitro benzene ring substituents is 1. The zero-order valence-corrected chi connectivity index (χ0v) is 12.9. The summed E-state index contributed by atoms with van der Waals surface area (Å²) in [7, 11) is 0. The first-order chi connectivity index (χ1) is 9.47. The van der Waals surface area contributed by atoms with Crippen LogP contribution < -0.4 is 5.73 Å². The van der Waals surface area contributed by atoms with Gasteiger partial charge in [-0.1, -0.05) is 22.9 Å². The quantitative estimate of drug-likeness (QED) is 0.665. The molecule has 0 unspecified atom stereocenters. The third-order valence-electron chi connectivity index (χ3n) is 2.86. The van der Waals surface area contributed by atoms with Crippen LogP contribution in [0.25, 0.3) is 10.4 Å². The van der Waals surface area contributed by atoms with E-state index >= 15 is 0 Å². The first-order valence-corrected chi connectivity index (χ1v) is 7.35. The summed E-state index contributed by atoms with van der Waals surface area (Å²) in [4.78, 5) is 11.7. The van der Waals surface area contributed by atoms with E-state index in [1.165, 1.54) is 23.5 Å². The molecule has 0 aliphatic rings. The second kappa shape index (κ2) is 5.61. The Kier molecular flexibility index (Phi) is 4.06. The molecule has 1 aromatic carbocycles. The van der Waals surface area contributed by atoms with Gasteiger partial charge in [-0.15, -0.1) is 11.3 Å². The normalized spacial score (nSPS) is 10.2.